The van der Waals surface area contributed by atoms with Gasteiger partial charge in [-0.1, -0.05) is 6.07 Å². The van der Waals surface area contributed by atoms with Crippen molar-refractivity contribution in [2.24, 2.45) is 0 Å². The Hall–Kier alpha value is -2.08. The van der Waals surface area contributed by atoms with Crippen molar-refractivity contribution in [2.45, 2.75) is 26.2 Å². The topological polar surface area (TPSA) is 67.3 Å². The monoisotopic (exact) mass is 285 g/mol. The summed E-state index contributed by atoms with van der Waals surface area (Å²) in [5.74, 6) is 1.74. The molecule has 0 aliphatic carbocycles. The lowest BCUT2D eigenvalue weighted by Gasteiger charge is -1.96. The molecule has 102 valence electrons. The van der Waals surface area contributed by atoms with Crippen molar-refractivity contribution in [2.75, 3.05) is 0 Å². The fraction of sp³-hybridized carbons (Fsp3) is 0.286. The molecule has 0 saturated heterocycles. The molecule has 0 fully saturated rings. The van der Waals surface area contributed by atoms with E-state index in [-0.39, 0.29) is 0 Å². The Bertz CT molecular complexity index is 674. The molecule has 0 saturated carbocycles. The van der Waals surface area contributed by atoms with E-state index < -0.39 is 0 Å². The van der Waals surface area contributed by atoms with Crippen molar-refractivity contribution in [3.8, 4) is 0 Å². The molecule has 0 aromatic carbocycles. The molecule has 0 amide bonds. The van der Waals surface area contributed by atoms with E-state index in [4.69, 9.17) is 0 Å². The van der Waals surface area contributed by atoms with Gasteiger partial charge < -0.3 is 0 Å². The second-order valence-corrected chi connectivity index (χ2v) is 5.54. The van der Waals surface area contributed by atoms with Gasteiger partial charge in [-0.2, -0.15) is 5.10 Å². The summed E-state index contributed by atoms with van der Waals surface area (Å²) in [6, 6.07) is 3.97. The summed E-state index contributed by atoms with van der Waals surface area (Å²) < 4.78 is 0. The van der Waals surface area contributed by atoms with E-state index in [2.05, 4.69) is 25.1 Å². The Balaban J connectivity index is 1.61. The first kappa shape index (κ1) is 12.9. The highest BCUT2D eigenvalue weighted by Crippen LogP contribution is 2.14. The highest BCUT2D eigenvalue weighted by atomic mass is 32.1. The highest BCUT2D eigenvalue weighted by molar-refractivity contribution is 7.09. The van der Waals surface area contributed by atoms with Gasteiger partial charge in [0.15, 0.2) is 5.82 Å². The molecule has 3 heterocycles. The number of hydrogen-bond donors (Lipinski definition) is 1. The first-order chi connectivity index (χ1) is 9.81. The molecular weight excluding hydrogens is 270 g/mol. The Labute approximate surface area is 121 Å². The molecule has 0 aliphatic rings. The molecule has 0 atom stereocenters. The zero-order valence-electron chi connectivity index (χ0n) is 11.2. The lowest BCUT2D eigenvalue weighted by Crippen LogP contribution is -1.94. The molecule has 20 heavy (non-hydrogen) atoms. The van der Waals surface area contributed by atoms with Crippen LogP contribution < -0.4 is 0 Å². The number of nitrogens with zero attached hydrogens (tertiary/aromatic N) is 4. The van der Waals surface area contributed by atoms with Crippen LogP contribution in [0.2, 0.25) is 0 Å². The summed E-state index contributed by atoms with van der Waals surface area (Å²) in [6.45, 7) is 2.04. The summed E-state index contributed by atoms with van der Waals surface area (Å²) in [5, 5.41) is 7.27. The third-order valence-electron chi connectivity index (χ3n) is 3.09. The van der Waals surface area contributed by atoms with E-state index in [1.54, 1.807) is 17.5 Å². The minimum atomic E-state index is 0.737. The number of aromatic amines is 1. The smallest absolute Gasteiger partial charge is 0.151 e. The van der Waals surface area contributed by atoms with Crippen LogP contribution in [0.4, 0.5) is 0 Å². The number of rotatable bonds is 5. The van der Waals surface area contributed by atoms with Gasteiger partial charge in [0.05, 0.1) is 11.2 Å². The van der Waals surface area contributed by atoms with E-state index >= 15 is 0 Å². The molecule has 1 N–H and O–H groups in total. The Morgan fingerprint density at radius 1 is 1.30 bits per heavy atom. The summed E-state index contributed by atoms with van der Waals surface area (Å²) in [7, 11) is 0. The minimum absolute atomic E-state index is 0.737. The average molecular weight is 285 g/mol. The minimum Gasteiger partial charge on any atom is -0.264 e. The van der Waals surface area contributed by atoms with Crippen LogP contribution in [0.5, 0.6) is 0 Å². The SMILES string of the molecule is Cc1ncsc1CCc1n[nH]c(Cc2cccnc2)n1. The van der Waals surface area contributed by atoms with Crippen molar-refractivity contribution in [3.63, 3.8) is 0 Å². The van der Waals surface area contributed by atoms with Crippen LogP contribution in [0.3, 0.4) is 0 Å². The third kappa shape index (κ3) is 3.08. The molecular formula is C14H15N5S. The highest BCUT2D eigenvalue weighted by Gasteiger charge is 2.07. The van der Waals surface area contributed by atoms with Gasteiger partial charge in [0.1, 0.15) is 5.82 Å². The van der Waals surface area contributed by atoms with E-state index in [0.717, 1.165) is 42.2 Å². The lowest BCUT2D eigenvalue weighted by atomic mass is 10.2. The summed E-state index contributed by atoms with van der Waals surface area (Å²) >= 11 is 1.69. The lowest BCUT2D eigenvalue weighted by molar-refractivity contribution is 0.868. The number of H-pyrrole nitrogens is 1. The summed E-state index contributed by atoms with van der Waals surface area (Å²) in [6.07, 6.45) is 6.14. The molecule has 0 spiro atoms. The van der Waals surface area contributed by atoms with Crippen LogP contribution in [0.25, 0.3) is 0 Å². The van der Waals surface area contributed by atoms with Crippen LogP contribution in [-0.4, -0.2) is 25.1 Å². The fourth-order valence-electron chi connectivity index (χ4n) is 2.01. The van der Waals surface area contributed by atoms with Crippen molar-refractivity contribution < 1.29 is 0 Å². The van der Waals surface area contributed by atoms with Gasteiger partial charge in [0.25, 0.3) is 0 Å². The van der Waals surface area contributed by atoms with Gasteiger partial charge in [-0.3, -0.25) is 10.1 Å². The van der Waals surface area contributed by atoms with Crippen molar-refractivity contribution in [1.82, 2.24) is 25.1 Å². The fourth-order valence-corrected chi connectivity index (χ4v) is 2.79. The maximum atomic E-state index is 4.52. The molecule has 6 heteroatoms. The van der Waals surface area contributed by atoms with Gasteiger partial charge in [-0.05, 0) is 25.0 Å². The van der Waals surface area contributed by atoms with Crippen LogP contribution >= 0.6 is 11.3 Å². The number of thiazole rings is 1. The molecule has 3 aromatic heterocycles. The number of pyridine rings is 1. The van der Waals surface area contributed by atoms with E-state index in [1.165, 1.54) is 4.88 Å². The zero-order chi connectivity index (χ0) is 13.8. The second kappa shape index (κ2) is 5.92. The molecule has 3 aromatic rings. The van der Waals surface area contributed by atoms with Crippen LogP contribution in [0, 0.1) is 6.92 Å². The second-order valence-electron chi connectivity index (χ2n) is 4.60. The molecule has 3 rings (SSSR count). The first-order valence-corrected chi connectivity index (χ1v) is 7.37. The van der Waals surface area contributed by atoms with E-state index in [1.807, 2.05) is 30.8 Å². The maximum absolute atomic E-state index is 4.52. The average Bonchev–Trinajstić information content (AvgIpc) is 3.07. The van der Waals surface area contributed by atoms with Crippen molar-refractivity contribution in [3.05, 3.63) is 57.8 Å². The number of nitrogens with one attached hydrogen (secondary N) is 1. The van der Waals surface area contributed by atoms with E-state index in [0.29, 0.717) is 0 Å². The number of hydrogen-bond acceptors (Lipinski definition) is 5. The maximum Gasteiger partial charge on any atom is 0.151 e. The molecule has 0 bridgehead atoms. The van der Waals surface area contributed by atoms with Gasteiger partial charge in [-0.15, -0.1) is 11.3 Å². The molecule has 0 radical (unpaired) electrons. The summed E-state index contributed by atoms with van der Waals surface area (Å²) in [5.41, 5.74) is 4.13. The quantitative estimate of drug-likeness (QED) is 0.781. The Morgan fingerprint density at radius 3 is 3.00 bits per heavy atom. The van der Waals surface area contributed by atoms with Gasteiger partial charge in [-0.25, -0.2) is 9.97 Å². The number of aromatic nitrogens is 5. The van der Waals surface area contributed by atoms with Crippen LogP contribution in [0.15, 0.2) is 30.0 Å². The van der Waals surface area contributed by atoms with Gasteiger partial charge >= 0.3 is 0 Å². The molecule has 0 aliphatic heterocycles. The van der Waals surface area contributed by atoms with Crippen molar-refractivity contribution in [1.29, 1.82) is 0 Å². The van der Waals surface area contributed by atoms with E-state index in [9.17, 15) is 0 Å². The standard InChI is InChI=1S/C14H15N5S/c1-10-12(20-9-16-10)4-5-13-17-14(19-18-13)7-11-3-2-6-15-8-11/h2-3,6,8-9H,4-5,7H2,1H3,(H,17,18,19). The Kier molecular flexibility index (Phi) is 3.83. The Morgan fingerprint density at radius 2 is 2.25 bits per heavy atom. The largest absolute Gasteiger partial charge is 0.264 e. The first-order valence-electron chi connectivity index (χ1n) is 6.49. The number of aryl methyl sites for hydroxylation is 3. The predicted molar refractivity (Wildman–Crippen MR) is 77.7 cm³/mol. The van der Waals surface area contributed by atoms with Gasteiger partial charge in [0, 0.05) is 30.1 Å². The van der Waals surface area contributed by atoms with Crippen molar-refractivity contribution >= 4 is 11.3 Å². The molecule has 0 unspecified atom stereocenters. The summed E-state index contributed by atoms with van der Waals surface area (Å²) in [4.78, 5) is 14.2. The van der Waals surface area contributed by atoms with Crippen LogP contribution in [0.1, 0.15) is 27.8 Å². The third-order valence-corrected chi connectivity index (χ3v) is 4.09. The molecule has 5 nitrogen and oxygen atoms in total. The normalized spacial score (nSPS) is 10.8. The zero-order valence-corrected chi connectivity index (χ0v) is 12.0. The van der Waals surface area contributed by atoms with Crippen LogP contribution in [-0.2, 0) is 19.3 Å². The van der Waals surface area contributed by atoms with Gasteiger partial charge in [0.2, 0.25) is 0 Å². The predicted octanol–water partition coefficient (Wildman–Crippen LogP) is 2.34.